The van der Waals surface area contributed by atoms with Crippen LogP contribution in [0.5, 0.6) is 5.75 Å². The molecule has 0 atom stereocenters. The van der Waals surface area contributed by atoms with Crippen molar-refractivity contribution in [1.29, 1.82) is 0 Å². The Morgan fingerprint density at radius 1 is 1.14 bits per heavy atom. The topological polar surface area (TPSA) is 96.0 Å². The Labute approximate surface area is 162 Å². The fraction of sp³-hybridized carbons (Fsp3) is 0.300. The van der Waals surface area contributed by atoms with E-state index in [0.717, 1.165) is 41.7 Å². The van der Waals surface area contributed by atoms with E-state index in [1.165, 1.54) is 18.9 Å². The summed E-state index contributed by atoms with van der Waals surface area (Å²) in [7, 11) is 1.62. The van der Waals surface area contributed by atoms with E-state index in [2.05, 4.69) is 30.2 Å². The predicted molar refractivity (Wildman–Crippen MR) is 108 cm³/mol. The first kappa shape index (κ1) is 18.0. The van der Waals surface area contributed by atoms with Crippen molar-refractivity contribution in [2.45, 2.75) is 19.8 Å². The maximum atomic E-state index is 12.2. The van der Waals surface area contributed by atoms with Gasteiger partial charge < -0.3 is 15.0 Å². The number of hydrogen-bond donors (Lipinski definition) is 2. The highest BCUT2D eigenvalue weighted by Gasteiger charge is 2.17. The molecule has 0 unspecified atom stereocenters. The third-order valence-corrected chi connectivity index (χ3v) is 4.73. The van der Waals surface area contributed by atoms with E-state index in [0.29, 0.717) is 11.6 Å². The molecule has 0 bridgehead atoms. The lowest BCUT2D eigenvalue weighted by molar-refractivity contribution is 0.415. The van der Waals surface area contributed by atoms with E-state index in [4.69, 9.17) is 4.74 Å². The van der Waals surface area contributed by atoms with Gasteiger partial charge in [-0.25, -0.2) is 15.0 Å². The summed E-state index contributed by atoms with van der Waals surface area (Å²) >= 11 is 0. The Morgan fingerprint density at radius 3 is 2.57 bits per heavy atom. The molecule has 1 aliphatic heterocycles. The molecule has 8 heteroatoms. The van der Waals surface area contributed by atoms with E-state index in [1.54, 1.807) is 13.3 Å². The van der Waals surface area contributed by atoms with Crippen molar-refractivity contribution < 1.29 is 4.74 Å². The van der Waals surface area contributed by atoms with Crippen molar-refractivity contribution in [3.63, 3.8) is 0 Å². The maximum Gasteiger partial charge on any atom is 0.252 e. The van der Waals surface area contributed by atoms with Crippen LogP contribution in [-0.2, 0) is 0 Å². The molecule has 0 radical (unpaired) electrons. The van der Waals surface area contributed by atoms with Gasteiger partial charge >= 0.3 is 0 Å². The molecule has 1 fully saturated rings. The van der Waals surface area contributed by atoms with Gasteiger partial charge in [-0.05, 0) is 44.0 Å². The standard InChI is InChI=1S/C20H22N6O2/c1-13-16(12-21-20(22-13)26-9-3-4-10-26)17-11-18(27)25-19(24-17)23-14-5-7-15(28-2)8-6-14/h5-8,11-12H,3-4,9-10H2,1-2H3,(H2,23,24,25,27). The lowest BCUT2D eigenvalue weighted by atomic mass is 10.2. The highest BCUT2D eigenvalue weighted by atomic mass is 16.5. The Kier molecular flexibility index (Phi) is 4.92. The number of H-pyrrole nitrogens is 1. The summed E-state index contributed by atoms with van der Waals surface area (Å²) in [4.78, 5) is 30.7. The third-order valence-electron chi connectivity index (χ3n) is 4.73. The molecule has 3 aromatic rings. The zero-order valence-corrected chi connectivity index (χ0v) is 15.9. The number of rotatable bonds is 5. The Balaban J connectivity index is 1.62. The first-order chi connectivity index (χ1) is 13.6. The van der Waals surface area contributed by atoms with Crippen LogP contribution in [0.4, 0.5) is 17.6 Å². The minimum Gasteiger partial charge on any atom is -0.497 e. The number of aromatic amines is 1. The number of hydrogen-bond acceptors (Lipinski definition) is 7. The fourth-order valence-electron chi connectivity index (χ4n) is 3.24. The normalized spacial score (nSPS) is 13.6. The number of aryl methyl sites for hydroxylation is 1. The van der Waals surface area contributed by atoms with Crippen molar-refractivity contribution >= 4 is 17.6 Å². The Morgan fingerprint density at radius 2 is 1.89 bits per heavy atom. The first-order valence-corrected chi connectivity index (χ1v) is 9.24. The van der Waals surface area contributed by atoms with Gasteiger partial charge in [0.25, 0.3) is 5.56 Å². The summed E-state index contributed by atoms with van der Waals surface area (Å²) < 4.78 is 5.16. The van der Waals surface area contributed by atoms with Crippen molar-refractivity contribution in [3.05, 3.63) is 52.6 Å². The van der Waals surface area contributed by atoms with Crippen LogP contribution in [0, 0.1) is 6.92 Å². The average molecular weight is 378 g/mol. The third kappa shape index (κ3) is 3.80. The van der Waals surface area contributed by atoms with Gasteiger partial charge in [-0.15, -0.1) is 0 Å². The van der Waals surface area contributed by atoms with E-state index in [-0.39, 0.29) is 5.56 Å². The maximum absolute atomic E-state index is 12.2. The van der Waals surface area contributed by atoms with E-state index in [1.807, 2.05) is 31.2 Å². The molecule has 0 amide bonds. The zero-order valence-electron chi connectivity index (χ0n) is 15.9. The van der Waals surface area contributed by atoms with Crippen molar-refractivity contribution in [2.75, 3.05) is 30.4 Å². The molecule has 144 valence electrons. The monoisotopic (exact) mass is 378 g/mol. The van der Waals surface area contributed by atoms with Gasteiger partial charge in [0, 0.05) is 36.6 Å². The summed E-state index contributed by atoms with van der Waals surface area (Å²) in [6, 6.07) is 8.83. The number of anilines is 3. The van der Waals surface area contributed by atoms with Gasteiger partial charge in [0.05, 0.1) is 18.5 Å². The molecule has 3 heterocycles. The number of benzene rings is 1. The molecule has 0 spiro atoms. The molecular weight excluding hydrogens is 356 g/mol. The quantitative estimate of drug-likeness (QED) is 0.705. The molecule has 8 nitrogen and oxygen atoms in total. The second kappa shape index (κ2) is 7.67. The molecule has 4 rings (SSSR count). The van der Waals surface area contributed by atoms with Crippen LogP contribution in [0.1, 0.15) is 18.5 Å². The molecule has 1 aliphatic rings. The van der Waals surface area contributed by atoms with Crippen molar-refractivity contribution in [1.82, 2.24) is 19.9 Å². The molecule has 2 N–H and O–H groups in total. The summed E-state index contributed by atoms with van der Waals surface area (Å²) in [6.45, 7) is 3.88. The molecule has 2 aromatic heterocycles. The first-order valence-electron chi connectivity index (χ1n) is 9.24. The van der Waals surface area contributed by atoms with Crippen LogP contribution in [-0.4, -0.2) is 40.1 Å². The fourth-order valence-corrected chi connectivity index (χ4v) is 3.24. The molecule has 0 aliphatic carbocycles. The predicted octanol–water partition coefficient (Wildman–Crippen LogP) is 2.89. The molecule has 1 saturated heterocycles. The molecule has 28 heavy (non-hydrogen) atoms. The second-order valence-electron chi connectivity index (χ2n) is 6.70. The average Bonchev–Trinajstić information content (AvgIpc) is 3.23. The van der Waals surface area contributed by atoms with Gasteiger partial charge in [-0.2, -0.15) is 0 Å². The van der Waals surface area contributed by atoms with E-state index < -0.39 is 0 Å². The largest absolute Gasteiger partial charge is 0.497 e. The Hall–Kier alpha value is -3.42. The minimum atomic E-state index is -0.246. The van der Waals surface area contributed by atoms with E-state index >= 15 is 0 Å². The van der Waals surface area contributed by atoms with Crippen LogP contribution < -0.4 is 20.5 Å². The number of nitrogens with zero attached hydrogens (tertiary/aromatic N) is 4. The van der Waals surface area contributed by atoms with E-state index in [9.17, 15) is 4.79 Å². The minimum absolute atomic E-state index is 0.246. The van der Waals surface area contributed by atoms with Gasteiger partial charge in [-0.1, -0.05) is 0 Å². The Bertz CT molecular complexity index is 1030. The van der Waals surface area contributed by atoms with Gasteiger partial charge in [-0.3, -0.25) is 9.78 Å². The van der Waals surface area contributed by atoms with Gasteiger partial charge in [0.15, 0.2) is 0 Å². The SMILES string of the molecule is COc1ccc(Nc2nc(-c3cnc(N4CCCC4)nc3C)cc(=O)[nH]2)cc1. The zero-order chi connectivity index (χ0) is 19.5. The van der Waals surface area contributed by atoms with Crippen LogP contribution >= 0.6 is 0 Å². The highest BCUT2D eigenvalue weighted by molar-refractivity contribution is 5.64. The number of ether oxygens (including phenoxy) is 1. The van der Waals surface area contributed by atoms with Gasteiger partial charge in [0.1, 0.15) is 5.75 Å². The van der Waals surface area contributed by atoms with Crippen molar-refractivity contribution in [2.24, 2.45) is 0 Å². The van der Waals surface area contributed by atoms with Crippen LogP contribution in [0.2, 0.25) is 0 Å². The van der Waals surface area contributed by atoms with Crippen LogP contribution in [0.25, 0.3) is 11.3 Å². The molecule has 0 saturated carbocycles. The second-order valence-corrected chi connectivity index (χ2v) is 6.70. The summed E-state index contributed by atoms with van der Waals surface area (Å²) in [6.07, 6.45) is 4.08. The molecule has 1 aromatic carbocycles. The van der Waals surface area contributed by atoms with Crippen LogP contribution in [0.3, 0.4) is 0 Å². The lowest BCUT2D eigenvalue weighted by Gasteiger charge is -2.16. The highest BCUT2D eigenvalue weighted by Crippen LogP contribution is 2.24. The number of methoxy groups -OCH3 is 1. The number of aromatic nitrogens is 4. The lowest BCUT2D eigenvalue weighted by Crippen LogP contribution is -2.20. The summed E-state index contributed by atoms with van der Waals surface area (Å²) in [5.41, 5.74) is 2.62. The number of nitrogens with one attached hydrogen (secondary N) is 2. The van der Waals surface area contributed by atoms with Crippen molar-refractivity contribution in [3.8, 4) is 17.0 Å². The van der Waals surface area contributed by atoms with Crippen LogP contribution in [0.15, 0.2) is 41.3 Å². The van der Waals surface area contributed by atoms with Gasteiger partial charge in [0.2, 0.25) is 11.9 Å². The molecular formula is C20H22N6O2. The summed E-state index contributed by atoms with van der Waals surface area (Å²) in [5.74, 6) is 1.85. The summed E-state index contributed by atoms with van der Waals surface area (Å²) in [5, 5.41) is 3.11. The smallest absolute Gasteiger partial charge is 0.252 e.